The third-order valence-corrected chi connectivity index (χ3v) is 3.10. The molecule has 0 aliphatic carbocycles. The Morgan fingerprint density at radius 1 is 1.50 bits per heavy atom. The van der Waals surface area contributed by atoms with E-state index in [1.807, 2.05) is 6.92 Å². The van der Waals surface area contributed by atoms with Crippen molar-refractivity contribution in [2.24, 2.45) is 0 Å². The van der Waals surface area contributed by atoms with Crippen LogP contribution in [0.2, 0.25) is 0 Å². The van der Waals surface area contributed by atoms with Crippen LogP contribution in [0.4, 0.5) is 0 Å². The van der Waals surface area contributed by atoms with E-state index < -0.39 is 0 Å². The van der Waals surface area contributed by atoms with Gasteiger partial charge in [0, 0.05) is 0 Å². The Kier molecular flexibility index (Phi) is 1.81. The first-order chi connectivity index (χ1) is 5.66. The van der Waals surface area contributed by atoms with E-state index in [4.69, 9.17) is 0 Å². The maximum Gasteiger partial charge on any atom is 0.160 e. The molecule has 0 bridgehead atoms. The summed E-state index contributed by atoms with van der Waals surface area (Å²) >= 11 is 4.84. The average molecular weight is 244 g/mol. The van der Waals surface area contributed by atoms with Crippen LogP contribution in [0.5, 0.6) is 5.75 Å². The number of hydrogen-bond donors (Lipinski definition) is 1. The number of fused-ring (bicyclic) bond motifs is 1. The summed E-state index contributed by atoms with van der Waals surface area (Å²) < 4.78 is 1.87. The molecular weight excluding hydrogens is 238 g/mol. The number of aromatic hydroxyl groups is 1. The molecule has 62 valence electrons. The summed E-state index contributed by atoms with van der Waals surface area (Å²) in [6.07, 6.45) is 0. The molecule has 0 aliphatic rings. The van der Waals surface area contributed by atoms with Crippen molar-refractivity contribution >= 4 is 37.5 Å². The molecule has 0 saturated carbocycles. The van der Waals surface area contributed by atoms with Crippen LogP contribution in [-0.2, 0) is 0 Å². The first kappa shape index (κ1) is 8.01. The minimum atomic E-state index is 0.302. The number of halogens is 1. The highest BCUT2D eigenvalue weighted by molar-refractivity contribution is 9.11. The van der Waals surface area contributed by atoms with Gasteiger partial charge in [0.15, 0.2) is 3.92 Å². The second-order valence-electron chi connectivity index (χ2n) is 2.58. The van der Waals surface area contributed by atoms with Crippen LogP contribution in [0.3, 0.4) is 0 Å². The maximum absolute atomic E-state index is 9.28. The highest BCUT2D eigenvalue weighted by atomic mass is 79.9. The van der Waals surface area contributed by atoms with Gasteiger partial charge in [0.2, 0.25) is 0 Å². The molecule has 0 aliphatic heterocycles. The molecule has 2 nitrogen and oxygen atoms in total. The summed E-state index contributed by atoms with van der Waals surface area (Å²) in [4.78, 5) is 4.28. The molecule has 1 N–H and O–H groups in total. The molecule has 0 saturated heterocycles. The summed E-state index contributed by atoms with van der Waals surface area (Å²) in [5, 5.41) is 9.28. The van der Waals surface area contributed by atoms with Gasteiger partial charge in [-0.05, 0) is 40.5 Å². The van der Waals surface area contributed by atoms with Crippen LogP contribution in [-0.4, -0.2) is 10.1 Å². The van der Waals surface area contributed by atoms with Gasteiger partial charge in [0.05, 0.1) is 10.2 Å². The minimum Gasteiger partial charge on any atom is -0.508 e. The van der Waals surface area contributed by atoms with E-state index in [0.717, 1.165) is 19.7 Å². The van der Waals surface area contributed by atoms with Gasteiger partial charge in [0.25, 0.3) is 0 Å². The van der Waals surface area contributed by atoms with Crippen molar-refractivity contribution in [1.29, 1.82) is 0 Å². The number of phenolic OH excluding ortho intramolecular Hbond substituents is 1. The van der Waals surface area contributed by atoms with Crippen molar-refractivity contribution in [1.82, 2.24) is 4.98 Å². The zero-order chi connectivity index (χ0) is 8.72. The lowest BCUT2D eigenvalue weighted by Crippen LogP contribution is -1.75. The topological polar surface area (TPSA) is 33.1 Å². The van der Waals surface area contributed by atoms with Crippen molar-refractivity contribution in [2.75, 3.05) is 0 Å². The minimum absolute atomic E-state index is 0.302. The molecule has 0 spiro atoms. The monoisotopic (exact) mass is 243 g/mol. The van der Waals surface area contributed by atoms with Crippen molar-refractivity contribution in [3.05, 3.63) is 21.6 Å². The van der Waals surface area contributed by atoms with Gasteiger partial charge in [-0.3, -0.25) is 0 Å². The van der Waals surface area contributed by atoms with E-state index in [0.29, 0.717) is 5.75 Å². The van der Waals surface area contributed by atoms with Crippen LogP contribution in [0.1, 0.15) is 5.56 Å². The van der Waals surface area contributed by atoms with E-state index in [2.05, 4.69) is 20.9 Å². The van der Waals surface area contributed by atoms with E-state index >= 15 is 0 Å². The largest absolute Gasteiger partial charge is 0.508 e. The fourth-order valence-electron chi connectivity index (χ4n) is 1.15. The van der Waals surface area contributed by atoms with Crippen LogP contribution in [0.25, 0.3) is 10.2 Å². The molecule has 4 heteroatoms. The number of hydrogen-bond acceptors (Lipinski definition) is 3. The fourth-order valence-corrected chi connectivity index (χ4v) is 2.65. The van der Waals surface area contributed by atoms with Gasteiger partial charge in [-0.1, -0.05) is 0 Å². The van der Waals surface area contributed by atoms with Gasteiger partial charge in [-0.15, -0.1) is 11.3 Å². The van der Waals surface area contributed by atoms with Crippen molar-refractivity contribution in [2.45, 2.75) is 6.92 Å². The number of thiazole rings is 1. The fraction of sp³-hybridized carbons (Fsp3) is 0.125. The third kappa shape index (κ3) is 1.21. The summed E-state index contributed by atoms with van der Waals surface area (Å²) in [6.45, 7) is 1.94. The highest BCUT2D eigenvalue weighted by Crippen LogP contribution is 2.31. The summed E-state index contributed by atoms with van der Waals surface area (Å²) in [5.41, 5.74) is 1.97. The quantitative estimate of drug-likeness (QED) is 0.772. The maximum atomic E-state index is 9.28. The lowest BCUT2D eigenvalue weighted by Gasteiger charge is -1.94. The standard InChI is InChI=1S/C8H6BrNOS/c1-4-2-5(11)3-6-7(4)10-8(9)12-6/h2-3,11H,1H3. The molecule has 0 amide bonds. The predicted octanol–water partition coefficient (Wildman–Crippen LogP) is 3.07. The van der Waals surface area contributed by atoms with Gasteiger partial charge >= 0.3 is 0 Å². The van der Waals surface area contributed by atoms with Gasteiger partial charge in [0.1, 0.15) is 5.75 Å². The van der Waals surface area contributed by atoms with Crippen LogP contribution in [0.15, 0.2) is 16.0 Å². The Morgan fingerprint density at radius 2 is 2.25 bits per heavy atom. The smallest absolute Gasteiger partial charge is 0.160 e. The average Bonchev–Trinajstić information content (AvgIpc) is 2.29. The summed E-state index contributed by atoms with van der Waals surface area (Å²) in [7, 11) is 0. The second-order valence-corrected chi connectivity index (χ2v) is 4.88. The molecule has 0 unspecified atom stereocenters. The molecule has 2 rings (SSSR count). The molecule has 2 aromatic rings. The molecule has 0 fully saturated rings. The number of aryl methyl sites for hydroxylation is 1. The van der Waals surface area contributed by atoms with Gasteiger partial charge in [-0.25, -0.2) is 4.98 Å². The van der Waals surface area contributed by atoms with E-state index in [-0.39, 0.29) is 0 Å². The molecule has 0 atom stereocenters. The van der Waals surface area contributed by atoms with Crippen LogP contribution < -0.4 is 0 Å². The number of nitrogens with zero attached hydrogens (tertiary/aromatic N) is 1. The lowest BCUT2D eigenvalue weighted by molar-refractivity contribution is 0.476. The Morgan fingerprint density at radius 3 is 3.00 bits per heavy atom. The first-order valence-corrected chi connectivity index (χ1v) is 5.03. The lowest BCUT2D eigenvalue weighted by atomic mass is 10.2. The predicted molar refractivity (Wildman–Crippen MR) is 53.7 cm³/mol. The number of aromatic nitrogens is 1. The van der Waals surface area contributed by atoms with E-state index in [1.165, 1.54) is 11.3 Å². The Labute approximate surface area is 82.0 Å². The number of rotatable bonds is 0. The van der Waals surface area contributed by atoms with Crippen LogP contribution in [0, 0.1) is 6.92 Å². The zero-order valence-electron chi connectivity index (χ0n) is 6.34. The first-order valence-electron chi connectivity index (χ1n) is 3.42. The zero-order valence-corrected chi connectivity index (χ0v) is 8.74. The normalized spacial score (nSPS) is 10.8. The third-order valence-electron chi connectivity index (χ3n) is 1.64. The van der Waals surface area contributed by atoms with Gasteiger partial charge in [-0.2, -0.15) is 0 Å². The SMILES string of the molecule is Cc1cc(O)cc2sc(Br)nc12. The number of benzene rings is 1. The summed E-state index contributed by atoms with van der Waals surface area (Å²) in [5.74, 6) is 0.302. The van der Waals surface area contributed by atoms with Crippen molar-refractivity contribution in [3.63, 3.8) is 0 Å². The van der Waals surface area contributed by atoms with Crippen molar-refractivity contribution < 1.29 is 5.11 Å². The molecule has 1 aromatic carbocycles. The van der Waals surface area contributed by atoms with E-state index in [9.17, 15) is 5.11 Å². The molecule has 12 heavy (non-hydrogen) atoms. The highest BCUT2D eigenvalue weighted by Gasteiger charge is 2.05. The Bertz CT molecular complexity index is 438. The van der Waals surface area contributed by atoms with Gasteiger partial charge < -0.3 is 5.11 Å². The second kappa shape index (κ2) is 2.71. The van der Waals surface area contributed by atoms with E-state index in [1.54, 1.807) is 12.1 Å². The molecular formula is C8H6BrNOS. The Hall–Kier alpha value is -0.610. The number of phenols is 1. The molecule has 0 radical (unpaired) electrons. The summed E-state index contributed by atoms with van der Waals surface area (Å²) in [6, 6.07) is 3.44. The van der Waals surface area contributed by atoms with Crippen LogP contribution >= 0.6 is 27.3 Å². The molecule has 1 aromatic heterocycles. The van der Waals surface area contributed by atoms with Crippen molar-refractivity contribution in [3.8, 4) is 5.75 Å². The Balaban J connectivity index is 2.88. The molecule has 1 heterocycles.